The monoisotopic (exact) mass is 272 g/mol. The summed E-state index contributed by atoms with van der Waals surface area (Å²) in [6, 6.07) is 5.04. The zero-order chi connectivity index (χ0) is 12.8. The molecule has 0 fully saturated rings. The lowest BCUT2D eigenvalue weighted by molar-refractivity contribution is -0.113. The number of nitrogens with one attached hydrogen (secondary N) is 1. The molecule has 5 heteroatoms. The molecule has 0 aromatic heterocycles. The van der Waals surface area contributed by atoms with Gasteiger partial charge in [0.15, 0.2) is 0 Å². The van der Waals surface area contributed by atoms with Crippen molar-refractivity contribution in [2.45, 2.75) is 25.5 Å². The molecule has 0 saturated heterocycles. The first kappa shape index (κ1) is 14.2. The molecule has 0 heterocycles. The highest BCUT2D eigenvalue weighted by atomic mass is 35.5. The molecule has 0 saturated carbocycles. The number of carbonyl (C=O) groups is 1. The molecule has 0 aliphatic rings. The summed E-state index contributed by atoms with van der Waals surface area (Å²) in [5, 5.41) is 3.74. The molecule has 1 rings (SSSR count). The first-order chi connectivity index (χ1) is 8.02. The quantitative estimate of drug-likeness (QED) is 0.808. The Morgan fingerprint density at radius 3 is 2.94 bits per heavy atom. The molecule has 3 nitrogen and oxygen atoms in total. The maximum atomic E-state index is 11.7. The second kappa shape index (κ2) is 6.77. The molecule has 1 aromatic rings. The number of carbonyl (C=O) groups excluding carboxylic acids is 1. The van der Waals surface area contributed by atoms with Gasteiger partial charge in [0, 0.05) is 10.9 Å². The van der Waals surface area contributed by atoms with Crippen LogP contribution in [0.15, 0.2) is 18.2 Å². The van der Waals surface area contributed by atoms with Crippen molar-refractivity contribution in [3.8, 4) is 0 Å². The molecule has 17 heavy (non-hydrogen) atoms. The van der Waals surface area contributed by atoms with E-state index in [1.54, 1.807) is 30.0 Å². The molecule has 0 aliphatic carbocycles. The van der Waals surface area contributed by atoms with Crippen molar-refractivity contribution in [2.75, 3.05) is 16.8 Å². The molecule has 1 atom stereocenters. The third-order valence-electron chi connectivity index (χ3n) is 2.34. The average Bonchev–Trinajstić information content (AvgIpc) is 2.30. The van der Waals surface area contributed by atoms with E-state index in [1.165, 1.54) is 0 Å². The zero-order valence-corrected chi connectivity index (χ0v) is 11.6. The lowest BCUT2D eigenvalue weighted by Gasteiger charge is -2.10. The number of benzene rings is 1. The third-order valence-corrected chi connectivity index (χ3v) is 4.00. The number of anilines is 2. The van der Waals surface area contributed by atoms with Gasteiger partial charge in [-0.1, -0.05) is 25.4 Å². The van der Waals surface area contributed by atoms with Crippen molar-refractivity contribution in [1.29, 1.82) is 0 Å². The largest absolute Gasteiger partial charge is 0.399 e. The third kappa shape index (κ3) is 4.88. The van der Waals surface area contributed by atoms with Crippen LogP contribution in [0, 0.1) is 0 Å². The van der Waals surface area contributed by atoms with E-state index in [-0.39, 0.29) is 5.91 Å². The Morgan fingerprint density at radius 2 is 2.29 bits per heavy atom. The van der Waals surface area contributed by atoms with Gasteiger partial charge in [0.05, 0.1) is 16.5 Å². The van der Waals surface area contributed by atoms with Gasteiger partial charge >= 0.3 is 0 Å². The van der Waals surface area contributed by atoms with Crippen LogP contribution < -0.4 is 11.1 Å². The van der Waals surface area contributed by atoms with Crippen molar-refractivity contribution in [2.24, 2.45) is 0 Å². The van der Waals surface area contributed by atoms with Crippen LogP contribution in [0.4, 0.5) is 11.4 Å². The molecule has 3 N–H and O–H groups in total. The van der Waals surface area contributed by atoms with Crippen molar-refractivity contribution >= 4 is 40.6 Å². The summed E-state index contributed by atoms with van der Waals surface area (Å²) in [5.74, 6) is 0.378. The van der Waals surface area contributed by atoms with Gasteiger partial charge in [-0.3, -0.25) is 4.79 Å². The summed E-state index contributed by atoms with van der Waals surface area (Å²) in [6.45, 7) is 4.20. The molecule has 0 aliphatic heterocycles. The SMILES string of the molecule is CCC(C)SCC(=O)Nc1cc(N)ccc1Cl. The smallest absolute Gasteiger partial charge is 0.234 e. The summed E-state index contributed by atoms with van der Waals surface area (Å²) < 4.78 is 0. The molecule has 1 unspecified atom stereocenters. The Bertz CT molecular complexity index is 398. The summed E-state index contributed by atoms with van der Waals surface area (Å²) in [4.78, 5) is 11.7. The van der Waals surface area contributed by atoms with Gasteiger partial charge in [-0.05, 0) is 24.6 Å². The summed E-state index contributed by atoms with van der Waals surface area (Å²) in [6.07, 6.45) is 1.05. The van der Waals surface area contributed by atoms with Crippen LogP contribution in [0.2, 0.25) is 5.02 Å². The van der Waals surface area contributed by atoms with Crippen LogP contribution in [0.5, 0.6) is 0 Å². The van der Waals surface area contributed by atoms with E-state index in [9.17, 15) is 4.79 Å². The van der Waals surface area contributed by atoms with Gasteiger partial charge in [0.25, 0.3) is 0 Å². The van der Waals surface area contributed by atoms with E-state index in [1.807, 2.05) is 0 Å². The predicted octanol–water partition coefficient (Wildman–Crippen LogP) is 3.39. The maximum Gasteiger partial charge on any atom is 0.234 e. The second-order valence-corrected chi connectivity index (χ2v) is 5.65. The molecule has 1 aromatic carbocycles. The molecular formula is C12H17ClN2OS. The fourth-order valence-electron chi connectivity index (χ4n) is 1.16. The van der Waals surface area contributed by atoms with Crippen LogP contribution in [-0.4, -0.2) is 16.9 Å². The van der Waals surface area contributed by atoms with Crippen LogP contribution in [0.25, 0.3) is 0 Å². The van der Waals surface area contributed by atoms with Gasteiger partial charge in [-0.25, -0.2) is 0 Å². The highest BCUT2D eigenvalue weighted by molar-refractivity contribution is 8.00. The number of rotatable bonds is 5. The molecule has 0 spiro atoms. The zero-order valence-electron chi connectivity index (χ0n) is 10.00. The first-order valence-corrected chi connectivity index (χ1v) is 6.92. The molecule has 0 radical (unpaired) electrons. The number of thioether (sulfide) groups is 1. The van der Waals surface area contributed by atoms with Gasteiger partial charge in [0.1, 0.15) is 0 Å². The summed E-state index contributed by atoms with van der Waals surface area (Å²) in [5.41, 5.74) is 6.79. The number of hydrogen-bond donors (Lipinski definition) is 2. The van der Waals surface area contributed by atoms with Gasteiger partial charge < -0.3 is 11.1 Å². The Hall–Kier alpha value is -0.870. The highest BCUT2D eigenvalue weighted by Gasteiger charge is 2.08. The fourth-order valence-corrected chi connectivity index (χ4v) is 2.07. The van der Waals surface area contributed by atoms with Crippen molar-refractivity contribution in [1.82, 2.24) is 0 Å². The Morgan fingerprint density at radius 1 is 1.59 bits per heavy atom. The summed E-state index contributed by atoms with van der Waals surface area (Å²) >= 11 is 7.58. The predicted molar refractivity (Wildman–Crippen MR) is 76.7 cm³/mol. The minimum Gasteiger partial charge on any atom is -0.399 e. The van der Waals surface area contributed by atoms with Gasteiger partial charge in [0.2, 0.25) is 5.91 Å². The van der Waals surface area contributed by atoms with Gasteiger partial charge in [-0.2, -0.15) is 0 Å². The van der Waals surface area contributed by atoms with Crippen LogP contribution in [0.1, 0.15) is 20.3 Å². The van der Waals surface area contributed by atoms with Crippen LogP contribution >= 0.6 is 23.4 Å². The highest BCUT2D eigenvalue weighted by Crippen LogP contribution is 2.24. The van der Waals surface area contributed by atoms with E-state index >= 15 is 0 Å². The number of halogens is 1. The Kier molecular flexibility index (Phi) is 5.65. The molecular weight excluding hydrogens is 256 g/mol. The molecule has 0 bridgehead atoms. The van der Waals surface area contributed by atoms with Crippen LogP contribution in [0.3, 0.4) is 0 Å². The number of hydrogen-bond acceptors (Lipinski definition) is 3. The maximum absolute atomic E-state index is 11.7. The molecule has 94 valence electrons. The fraction of sp³-hybridized carbons (Fsp3) is 0.417. The lowest BCUT2D eigenvalue weighted by atomic mass is 10.3. The topological polar surface area (TPSA) is 55.1 Å². The normalized spacial score (nSPS) is 12.2. The minimum atomic E-state index is -0.0530. The van der Waals surface area contributed by atoms with E-state index in [4.69, 9.17) is 17.3 Å². The number of amides is 1. The average molecular weight is 273 g/mol. The van der Waals surface area contributed by atoms with E-state index in [0.717, 1.165) is 6.42 Å². The van der Waals surface area contributed by atoms with Crippen molar-refractivity contribution in [3.63, 3.8) is 0 Å². The lowest BCUT2D eigenvalue weighted by Crippen LogP contribution is -2.16. The molecule has 1 amide bonds. The first-order valence-electron chi connectivity index (χ1n) is 5.49. The second-order valence-electron chi connectivity index (χ2n) is 3.82. The minimum absolute atomic E-state index is 0.0530. The van der Waals surface area contributed by atoms with Crippen molar-refractivity contribution in [3.05, 3.63) is 23.2 Å². The van der Waals surface area contributed by atoms with E-state index in [2.05, 4.69) is 19.2 Å². The number of nitrogens with two attached hydrogens (primary N) is 1. The number of nitrogen functional groups attached to an aromatic ring is 1. The van der Waals surface area contributed by atoms with E-state index < -0.39 is 0 Å². The Labute approximate surface area is 111 Å². The summed E-state index contributed by atoms with van der Waals surface area (Å²) in [7, 11) is 0. The Balaban J connectivity index is 2.53. The van der Waals surface area contributed by atoms with E-state index in [0.29, 0.717) is 27.4 Å². The van der Waals surface area contributed by atoms with Crippen molar-refractivity contribution < 1.29 is 4.79 Å². The standard InChI is InChI=1S/C12H17ClN2OS/c1-3-8(2)17-7-12(16)15-11-6-9(14)4-5-10(11)13/h4-6,8H,3,7,14H2,1-2H3,(H,15,16). The van der Waals surface area contributed by atoms with Gasteiger partial charge in [-0.15, -0.1) is 11.8 Å². The van der Waals surface area contributed by atoms with Crippen LogP contribution in [-0.2, 0) is 4.79 Å².